The quantitative estimate of drug-likeness (QED) is 0.618. The third-order valence-electron chi connectivity index (χ3n) is 2.08. The fraction of sp³-hybridized carbons (Fsp3) is 0.273. The molecule has 0 radical (unpaired) electrons. The Balaban J connectivity index is 2.55. The van der Waals surface area contributed by atoms with Gasteiger partial charge in [0.1, 0.15) is 11.8 Å². The van der Waals surface area contributed by atoms with Crippen molar-refractivity contribution in [2.75, 3.05) is 6.61 Å². The van der Waals surface area contributed by atoms with Crippen LogP contribution in [-0.4, -0.2) is 29.6 Å². The number of carboxylic acids is 1. The largest absolute Gasteiger partial charge is 0.484 e. The summed E-state index contributed by atoms with van der Waals surface area (Å²) in [5, 5.41) is 8.64. The van der Waals surface area contributed by atoms with Crippen molar-refractivity contribution in [2.45, 2.75) is 12.5 Å². The van der Waals surface area contributed by atoms with Gasteiger partial charge in [-0.05, 0) is 24.1 Å². The van der Waals surface area contributed by atoms with Crippen molar-refractivity contribution >= 4 is 11.9 Å². The molecule has 92 valence electrons. The summed E-state index contributed by atoms with van der Waals surface area (Å²) in [5.74, 6) is -1.10. The Bertz CT molecular complexity index is 402. The molecule has 0 aliphatic heterocycles. The van der Waals surface area contributed by atoms with Crippen molar-refractivity contribution in [3.05, 3.63) is 29.8 Å². The summed E-state index contributed by atoms with van der Waals surface area (Å²) in [6, 6.07) is 5.73. The van der Waals surface area contributed by atoms with Gasteiger partial charge in [-0.3, -0.25) is 9.59 Å². The lowest BCUT2D eigenvalue weighted by molar-refractivity contribution is -0.138. The molecule has 1 amide bonds. The summed E-state index contributed by atoms with van der Waals surface area (Å²) >= 11 is 0. The van der Waals surface area contributed by atoms with Crippen LogP contribution < -0.4 is 16.2 Å². The number of carboxylic acid groups (broad SMARTS) is 1. The number of hydrogen-bond acceptors (Lipinski definition) is 4. The van der Waals surface area contributed by atoms with Gasteiger partial charge in [-0.15, -0.1) is 0 Å². The van der Waals surface area contributed by atoms with Gasteiger partial charge >= 0.3 is 5.97 Å². The zero-order valence-electron chi connectivity index (χ0n) is 9.13. The van der Waals surface area contributed by atoms with Crippen molar-refractivity contribution in [2.24, 2.45) is 11.5 Å². The number of benzene rings is 1. The molecule has 0 bridgehead atoms. The molecular weight excluding hydrogens is 224 g/mol. The van der Waals surface area contributed by atoms with Crippen LogP contribution in [0.25, 0.3) is 0 Å². The fourth-order valence-corrected chi connectivity index (χ4v) is 1.22. The lowest BCUT2D eigenvalue weighted by atomic mass is 10.1. The number of amides is 1. The van der Waals surface area contributed by atoms with E-state index < -0.39 is 17.9 Å². The molecule has 5 N–H and O–H groups in total. The molecule has 1 atom stereocenters. The number of carbonyl (C=O) groups excluding carboxylic acids is 1. The zero-order valence-corrected chi connectivity index (χ0v) is 9.13. The summed E-state index contributed by atoms with van der Waals surface area (Å²) in [4.78, 5) is 21.0. The van der Waals surface area contributed by atoms with Gasteiger partial charge in [0, 0.05) is 0 Å². The normalized spacial score (nSPS) is 11.8. The molecule has 0 aliphatic rings. The first-order valence-corrected chi connectivity index (χ1v) is 4.97. The van der Waals surface area contributed by atoms with E-state index in [9.17, 15) is 9.59 Å². The molecule has 17 heavy (non-hydrogen) atoms. The number of hydrogen-bond donors (Lipinski definition) is 3. The van der Waals surface area contributed by atoms with Gasteiger partial charge in [0.2, 0.25) is 0 Å². The average Bonchev–Trinajstić information content (AvgIpc) is 2.28. The van der Waals surface area contributed by atoms with Crippen molar-refractivity contribution in [1.29, 1.82) is 0 Å². The Kier molecular flexibility index (Phi) is 4.47. The number of carbonyl (C=O) groups is 2. The molecule has 1 aromatic rings. The molecule has 6 heteroatoms. The van der Waals surface area contributed by atoms with E-state index in [4.69, 9.17) is 21.3 Å². The van der Waals surface area contributed by atoms with Gasteiger partial charge in [0.15, 0.2) is 6.61 Å². The van der Waals surface area contributed by atoms with Crippen molar-refractivity contribution < 1.29 is 19.4 Å². The monoisotopic (exact) mass is 238 g/mol. The molecule has 0 saturated heterocycles. The minimum Gasteiger partial charge on any atom is -0.484 e. The van der Waals surface area contributed by atoms with Crippen LogP contribution in [0.15, 0.2) is 24.3 Å². The minimum absolute atomic E-state index is 0.187. The van der Waals surface area contributed by atoms with Gasteiger partial charge in [-0.1, -0.05) is 12.1 Å². The predicted molar refractivity (Wildman–Crippen MR) is 60.4 cm³/mol. The number of nitrogens with two attached hydrogens (primary N) is 2. The van der Waals surface area contributed by atoms with E-state index in [-0.39, 0.29) is 13.0 Å². The Morgan fingerprint density at radius 1 is 1.29 bits per heavy atom. The second kappa shape index (κ2) is 5.86. The van der Waals surface area contributed by atoms with Crippen LogP contribution >= 0.6 is 0 Å². The summed E-state index contributed by atoms with van der Waals surface area (Å²) in [6.45, 7) is -0.187. The topological polar surface area (TPSA) is 116 Å². The lowest BCUT2D eigenvalue weighted by Gasteiger charge is -2.07. The minimum atomic E-state index is -1.04. The second-order valence-electron chi connectivity index (χ2n) is 3.55. The van der Waals surface area contributed by atoms with Crippen molar-refractivity contribution in [3.8, 4) is 5.75 Å². The van der Waals surface area contributed by atoms with Crippen LogP contribution in [0.1, 0.15) is 5.56 Å². The van der Waals surface area contributed by atoms with Gasteiger partial charge < -0.3 is 21.3 Å². The highest BCUT2D eigenvalue weighted by molar-refractivity contribution is 5.75. The van der Waals surface area contributed by atoms with Gasteiger partial charge in [0.25, 0.3) is 5.91 Å². The summed E-state index contributed by atoms with van der Waals surface area (Å²) < 4.78 is 5.05. The van der Waals surface area contributed by atoms with Crippen LogP contribution in [0.2, 0.25) is 0 Å². The van der Waals surface area contributed by atoms with E-state index in [1.807, 2.05) is 0 Å². The molecule has 0 fully saturated rings. The van der Waals surface area contributed by atoms with Crippen LogP contribution in [0.4, 0.5) is 0 Å². The van der Waals surface area contributed by atoms with Crippen molar-refractivity contribution in [1.82, 2.24) is 0 Å². The molecule has 1 aromatic carbocycles. The summed E-state index contributed by atoms with van der Waals surface area (Å²) in [7, 11) is 0. The standard InChI is InChI=1S/C11H14N2O4/c12-9(11(15)16)5-7-1-3-8(4-2-7)17-6-10(13)14/h1-4,9H,5-6,12H2,(H2,13,14)(H,15,16). The first kappa shape index (κ1) is 13.0. The highest BCUT2D eigenvalue weighted by Gasteiger charge is 2.11. The van der Waals surface area contributed by atoms with E-state index in [0.717, 1.165) is 5.56 Å². The number of aliphatic carboxylic acids is 1. The highest BCUT2D eigenvalue weighted by atomic mass is 16.5. The molecule has 1 unspecified atom stereocenters. The fourth-order valence-electron chi connectivity index (χ4n) is 1.22. The molecule has 0 spiro atoms. The lowest BCUT2D eigenvalue weighted by Crippen LogP contribution is -2.32. The van der Waals surface area contributed by atoms with Crippen LogP contribution in [0, 0.1) is 0 Å². The smallest absolute Gasteiger partial charge is 0.320 e. The SMILES string of the molecule is NC(=O)COc1ccc(CC(N)C(=O)O)cc1. The number of primary amides is 1. The Morgan fingerprint density at radius 3 is 2.35 bits per heavy atom. The van der Waals surface area contributed by atoms with Gasteiger partial charge in [-0.2, -0.15) is 0 Å². The van der Waals surface area contributed by atoms with Gasteiger partial charge in [0.05, 0.1) is 0 Å². The summed E-state index contributed by atoms with van der Waals surface area (Å²) in [6.07, 6.45) is 0.242. The van der Waals surface area contributed by atoms with Crippen LogP contribution in [0.3, 0.4) is 0 Å². The molecule has 0 aliphatic carbocycles. The average molecular weight is 238 g/mol. The van der Waals surface area contributed by atoms with E-state index in [1.165, 1.54) is 0 Å². The van der Waals surface area contributed by atoms with Crippen molar-refractivity contribution in [3.63, 3.8) is 0 Å². The Hall–Kier alpha value is -2.08. The molecule has 0 heterocycles. The van der Waals surface area contributed by atoms with E-state index in [1.54, 1.807) is 24.3 Å². The maximum atomic E-state index is 10.5. The van der Waals surface area contributed by atoms with E-state index in [0.29, 0.717) is 5.75 Å². The Morgan fingerprint density at radius 2 is 1.88 bits per heavy atom. The van der Waals surface area contributed by atoms with E-state index in [2.05, 4.69) is 0 Å². The molecule has 0 aromatic heterocycles. The van der Waals surface area contributed by atoms with E-state index >= 15 is 0 Å². The first-order chi connectivity index (χ1) is 7.99. The molecular formula is C11H14N2O4. The van der Waals surface area contributed by atoms with Gasteiger partial charge in [-0.25, -0.2) is 0 Å². The van der Waals surface area contributed by atoms with Crippen LogP contribution in [0.5, 0.6) is 5.75 Å². The van der Waals surface area contributed by atoms with Crippen LogP contribution in [-0.2, 0) is 16.0 Å². The third kappa shape index (κ3) is 4.52. The highest BCUT2D eigenvalue weighted by Crippen LogP contribution is 2.13. The maximum Gasteiger partial charge on any atom is 0.320 e. The number of rotatable bonds is 6. The zero-order chi connectivity index (χ0) is 12.8. The molecule has 1 rings (SSSR count). The third-order valence-corrected chi connectivity index (χ3v) is 2.08. The first-order valence-electron chi connectivity index (χ1n) is 4.97. The second-order valence-corrected chi connectivity index (χ2v) is 3.55. The maximum absolute atomic E-state index is 10.5. The molecule has 6 nitrogen and oxygen atoms in total. The molecule has 0 saturated carbocycles. The number of ether oxygens (including phenoxy) is 1. The Labute approximate surface area is 98.2 Å². The summed E-state index contributed by atoms with van der Waals surface area (Å²) in [5.41, 5.74) is 11.1. The predicted octanol–water partition coefficient (Wildman–Crippen LogP) is -0.495.